The minimum Gasteiger partial charge on any atom is -0.480 e. The van der Waals surface area contributed by atoms with Gasteiger partial charge in [-0.2, -0.15) is 0 Å². The molecule has 0 saturated carbocycles. The van der Waals surface area contributed by atoms with Gasteiger partial charge >= 0.3 is 5.97 Å². The molecule has 0 aliphatic heterocycles. The summed E-state index contributed by atoms with van der Waals surface area (Å²) in [6.45, 7) is 5.35. The zero-order valence-electron chi connectivity index (χ0n) is 12.4. The predicted molar refractivity (Wildman–Crippen MR) is 83.7 cm³/mol. The van der Waals surface area contributed by atoms with Crippen LogP contribution in [0.15, 0.2) is 18.2 Å². The predicted octanol–water partition coefficient (Wildman–Crippen LogP) is 2.82. The van der Waals surface area contributed by atoms with Crippen LogP contribution in [-0.4, -0.2) is 29.1 Å². The maximum Gasteiger partial charge on any atom is 0.320 e. The maximum atomic E-state index is 12.1. The standard InChI is InChI=1S/C15H21ClN2O3/c1-4-6-13(15(20)21)17-10(3)14(19)18-12-8-5-7-11(16)9(12)2/h5,7-8,10,13,17H,4,6H2,1-3H3,(H,18,19)(H,20,21). The van der Waals surface area contributed by atoms with Crippen molar-refractivity contribution >= 4 is 29.2 Å². The average Bonchev–Trinajstić information content (AvgIpc) is 2.43. The van der Waals surface area contributed by atoms with Gasteiger partial charge in [-0.05, 0) is 38.0 Å². The number of amides is 1. The van der Waals surface area contributed by atoms with Gasteiger partial charge in [-0.1, -0.05) is 31.0 Å². The normalized spacial score (nSPS) is 13.5. The Morgan fingerprint density at radius 2 is 2.05 bits per heavy atom. The second-order valence-corrected chi connectivity index (χ2v) is 5.38. The summed E-state index contributed by atoms with van der Waals surface area (Å²) in [7, 11) is 0. The maximum absolute atomic E-state index is 12.1. The van der Waals surface area contributed by atoms with Crippen molar-refractivity contribution in [3.63, 3.8) is 0 Å². The van der Waals surface area contributed by atoms with Gasteiger partial charge in [0.25, 0.3) is 0 Å². The lowest BCUT2D eigenvalue weighted by Crippen LogP contribution is -2.47. The topological polar surface area (TPSA) is 78.4 Å². The van der Waals surface area contributed by atoms with Gasteiger partial charge < -0.3 is 10.4 Å². The van der Waals surface area contributed by atoms with Crippen LogP contribution in [0, 0.1) is 6.92 Å². The molecule has 0 bridgehead atoms. The number of nitrogens with one attached hydrogen (secondary N) is 2. The van der Waals surface area contributed by atoms with Gasteiger partial charge in [0, 0.05) is 10.7 Å². The minimum absolute atomic E-state index is 0.289. The number of carbonyl (C=O) groups excluding carboxylic acids is 1. The van der Waals surface area contributed by atoms with Crippen molar-refractivity contribution in [1.29, 1.82) is 0 Å². The van der Waals surface area contributed by atoms with Crippen molar-refractivity contribution < 1.29 is 14.7 Å². The van der Waals surface area contributed by atoms with Crippen LogP contribution in [0.1, 0.15) is 32.3 Å². The van der Waals surface area contributed by atoms with Crippen LogP contribution in [0.25, 0.3) is 0 Å². The van der Waals surface area contributed by atoms with E-state index in [9.17, 15) is 9.59 Å². The van der Waals surface area contributed by atoms with Gasteiger partial charge in [-0.3, -0.25) is 14.9 Å². The van der Waals surface area contributed by atoms with Crippen molar-refractivity contribution in [3.05, 3.63) is 28.8 Å². The van der Waals surface area contributed by atoms with Gasteiger partial charge in [-0.15, -0.1) is 0 Å². The van der Waals surface area contributed by atoms with E-state index < -0.39 is 18.1 Å². The fourth-order valence-corrected chi connectivity index (χ4v) is 2.10. The first-order chi connectivity index (χ1) is 9.86. The molecule has 0 radical (unpaired) electrons. The Labute approximate surface area is 129 Å². The summed E-state index contributed by atoms with van der Waals surface area (Å²) >= 11 is 6.00. The van der Waals surface area contributed by atoms with E-state index in [0.29, 0.717) is 17.1 Å². The third kappa shape index (κ3) is 5.02. The molecule has 21 heavy (non-hydrogen) atoms. The Hall–Kier alpha value is -1.59. The largest absolute Gasteiger partial charge is 0.480 e. The Kier molecular flexibility index (Phi) is 6.65. The SMILES string of the molecule is CCCC(NC(C)C(=O)Nc1cccc(Cl)c1C)C(=O)O. The molecule has 1 aromatic carbocycles. The number of halogens is 1. The second kappa shape index (κ2) is 8.00. The van der Waals surface area contributed by atoms with Crippen LogP contribution < -0.4 is 10.6 Å². The minimum atomic E-state index is -0.949. The first-order valence-electron chi connectivity index (χ1n) is 6.91. The van der Waals surface area contributed by atoms with E-state index in [1.165, 1.54) is 0 Å². The molecule has 116 valence electrons. The fourth-order valence-electron chi connectivity index (χ4n) is 1.93. The number of hydrogen-bond donors (Lipinski definition) is 3. The Morgan fingerprint density at radius 3 is 2.62 bits per heavy atom. The molecule has 0 spiro atoms. The van der Waals surface area contributed by atoms with Crippen LogP contribution in [0.4, 0.5) is 5.69 Å². The summed E-state index contributed by atoms with van der Waals surface area (Å²) in [5.74, 6) is -1.24. The second-order valence-electron chi connectivity index (χ2n) is 4.97. The van der Waals surface area contributed by atoms with E-state index >= 15 is 0 Å². The lowest BCUT2D eigenvalue weighted by atomic mass is 10.1. The van der Waals surface area contributed by atoms with Gasteiger partial charge in [-0.25, -0.2) is 0 Å². The van der Waals surface area contributed by atoms with E-state index in [1.54, 1.807) is 25.1 Å². The first-order valence-corrected chi connectivity index (χ1v) is 7.29. The van der Waals surface area contributed by atoms with Crippen LogP contribution in [0.3, 0.4) is 0 Å². The van der Waals surface area contributed by atoms with Crippen molar-refractivity contribution in [3.8, 4) is 0 Å². The van der Waals surface area contributed by atoms with Crippen molar-refractivity contribution in [2.24, 2.45) is 0 Å². The van der Waals surface area contributed by atoms with E-state index in [-0.39, 0.29) is 5.91 Å². The van der Waals surface area contributed by atoms with Gasteiger partial charge in [0.2, 0.25) is 5.91 Å². The molecule has 0 fully saturated rings. The Balaban J connectivity index is 2.70. The smallest absolute Gasteiger partial charge is 0.320 e. The molecule has 5 nitrogen and oxygen atoms in total. The first kappa shape index (κ1) is 17.5. The van der Waals surface area contributed by atoms with E-state index in [2.05, 4.69) is 10.6 Å². The molecule has 0 aromatic heterocycles. The number of aliphatic carboxylic acids is 1. The monoisotopic (exact) mass is 312 g/mol. The lowest BCUT2D eigenvalue weighted by molar-refractivity contribution is -0.140. The molecule has 0 aliphatic carbocycles. The summed E-state index contributed by atoms with van der Waals surface area (Å²) in [4.78, 5) is 23.2. The van der Waals surface area contributed by atoms with E-state index in [1.807, 2.05) is 13.8 Å². The number of carboxylic acids is 1. The highest BCUT2D eigenvalue weighted by atomic mass is 35.5. The van der Waals surface area contributed by atoms with Crippen LogP contribution in [0.2, 0.25) is 5.02 Å². The van der Waals surface area contributed by atoms with Crippen molar-refractivity contribution in [2.45, 2.75) is 45.7 Å². The van der Waals surface area contributed by atoms with Gasteiger partial charge in [0.05, 0.1) is 6.04 Å². The van der Waals surface area contributed by atoms with E-state index in [4.69, 9.17) is 16.7 Å². The van der Waals surface area contributed by atoms with Crippen molar-refractivity contribution in [2.75, 3.05) is 5.32 Å². The highest BCUT2D eigenvalue weighted by molar-refractivity contribution is 6.31. The third-order valence-electron chi connectivity index (χ3n) is 3.25. The Morgan fingerprint density at radius 1 is 1.38 bits per heavy atom. The number of anilines is 1. The quantitative estimate of drug-likeness (QED) is 0.723. The molecule has 6 heteroatoms. The molecule has 2 atom stereocenters. The van der Waals surface area contributed by atoms with Crippen LogP contribution >= 0.6 is 11.6 Å². The highest BCUT2D eigenvalue weighted by Gasteiger charge is 2.22. The van der Waals surface area contributed by atoms with Gasteiger partial charge in [0.15, 0.2) is 0 Å². The summed E-state index contributed by atoms with van der Waals surface area (Å²) in [6.07, 6.45) is 1.20. The number of carboxylic acid groups (broad SMARTS) is 1. The molecule has 0 aliphatic rings. The fraction of sp³-hybridized carbons (Fsp3) is 0.467. The molecule has 3 N–H and O–H groups in total. The molecule has 0 saturated heterocycles. The molecule has 1 amide bonds. The summed E-state index contributed by atoms with van der Waals surface area (Å²) in [5.41, 5.74) is 1.41. The molecular weight excluding hydrogens is 292 g/mol. The molecule has 2 unspecified atom stereocenters. The summed E-state index contributed by atoms with van der Waals surface area (Å²) < 4.78 is 0. The number of carbonyl (C=O) groups is 2. The molecule has 0 heterocycles. The van der Waals surface area contributed by atoms with Gasteiger partial charge in [0.1, 0.15) is 6.04 Å². The Bertz CT molecular complexity index is 520. The number of hydrogen-bond acceptors (Lipinski definition) is 3. The average molecular weight is 313 g/mol. The molecule has 1 rings (SSSR count). The zero-order chi connectivity index (χ0) is 16.0. The van der Waals surface area contributed by atoms with Crippen LogP contribution in [-0.2, 0) is 9.59 Å². The zero-order valence-corrected chi connectivity index (χ0v) is 13.2. The molecular formula is C15H21ClN2O3. The third-order valence-corrected chi connectivity index (χ3v) is 3.65. The summed E-state index contributed by atoms with van der Waals surface area (Å²) in [5, 5.41) is 15.3. The van der Waals surface area contributed by atoms with Crippen LogP contribution in [0.5, 0.6) is 0 Å². The number of benzene rings is 1. The van der Waals surface area contributed by atoms with E-state index in [0.717, 1.165) is 12.0 Å². The molecule has 1 aromatic rings. The number of rotatable bonds is 7. The summed E-state index contributed by atoms with van der Waals surface area (Å²) in [6, 6.07) is 3.91. The lowest BCUT2D eigenvalue weighted by Gasteiger charge is -2.20. The van der Waals surface area contributed by atoms with Crippen molar-refractivity contribution in [1.82, 2.24) is 5.32 Å². The highest BCUT2D eigenvalue weighted by Crippen LogP contribution is 2.22.